The summed E-state index contributed by atoms with van der Waals surface area (Å²) in [5, 5.41) is 6.54. The normalized spacial score (nSPS) is 17.8. The van der Waals surface area contributed by atoms with Gasteiger partial charge in [-0.3, -0.25) is 4.79 Å². The molecule has 1 atom stereocenters. The molecular formula is C13H17N5O2. The number of fused-ring (bicyclic) bond motifs is 1. The van der Waals surface area contributed by atoms with Crippen molar-refractivity contribution in [1.29, 1.82) is 0 Å². The second-order valence-corrected chi connectivity index (χ2v) is 5.14. The lowest BCUT2D eigenvalue weighted by atomic mass is 9.89. The second kappa shape index (κ2) is 5.07. The van der Waals surface area contributed by atoms with Gasteiger partial charge in [-0.2, -0.15) is 4.98 Å². The molecule has 0 saturated carbocycles. The van der Waals surface area contributed by atoms with Crippen molar-refractivity contribution in [3.8, 4) is 0 Å². The minimum Gasteiger partial charge on any atom is -0.347 e. The summed E-state index contributed by atoms with van der Waals surface area (Å²) in [4.78, 5) is 23.9. The molecular weight excluding hydrogens is 258 g/mol. The molecule has 0 saturated heterocycles. The fourth-order valence-electron chi connectivity index (χ4n) is 2.57. The van der Waals surface area contributed by atoms with Crippen LogP contribution in [0, 0.1) is 19.8 Å². The fourth-order valence-corrected chi connectivity index (χ4v) is 2.57. The highest BCUT2D eigenvalue weighted by Gasteiger charge is 2.26. The van der Waals surface area contributed by atoms with E-state index in [1.165, 1.54) is 0 Å². The molecule has 1 aliphatic rings. The molecule has 0 bridgehead atoms. The van der Waals surface area contributed by atoms with Gasteiger partial charge in [-0.05, 0) is 26.7 Å². The quantitative estimate of drug-likeness (QED) is 0.864. The lowest BCUT2D eigenvalue weighted by molar-refractivity contribution is -0.125. The molecule has 0 aliphatic heterocycles. The number of nitrogens with one attached hydrogen (secondary N) is 2. The van der Waals surface area contributed by atoms with E-state index >= 15 is 0 Å². The van der Waals surface area contributed by atoms with Gasteiger partial charge in [0, 0.05) is 18.0 Å². The molecule has 106 valence electrons. The first-order valence-corrected chi connectivity index (χ1v) is 6.73. The molecule has 2 N–H and O–H groups in total. The summed E-state index contributed by atoms with van der Waals surface area (Å²) >= 11 is 0. The van der Waals surface area contributed by atoms with E-state index in [2.05, 4.69) is 25.4 Å². The van der Waals surface area contributed by atoms with Crippen LogP contribution in [0.25, 0.3) is 0 Å². The number of aromatic amines is 1. The van der Waals surface area contributed by atoms with Crippen molar-refractivity contribution >= 4 is 5.91 Å². The van der Waals surface area contributed by atoms with Crippen LogP contribution >= 0.6 is 0 Å². The topological polar surface area (TPSA) is 96.7 Å². The van der Waals surface area contributed by atoms with Crippen LogP contribution < -0.4 is 5.32 Å². The largest absolute Gasteiger partial charge is 0.347 e. The van der Waals surface area contributed by atoms with Crippen LogP contribution in [0.15, 0.2) is 4.52 Å². The molecule has 0 spiro atoms. The highest BCUT2D eigenvalue weighted by atomic mass is 16.5. The van der Waals surface area contributed by atoms with Crippen molar-refractivity contribution in [1.82, 2.24) is 25.4 Å². The van der Waals surface area contributed by atoms with Crippen molar-refractivity contribution in [2.24, 2.45) is 5.92 Å². The Balaban J connectivity index is 1.58. The molecule has 0 fully saturated rings. The van der Waals surface area contributed by atoms with Crippen molar-refractivity contribution in [2.45, 2.75) is 39.7 Å². The molecule has 1 amide bonds. The number of hydrogen-bond donors (Lipinski definition) is 2. The SMILES string of the molecule is Cc1noc(CNC(=O)C2CCc3nc(C)[nH]c3C2)n1. The smallest absolute Gasteiger partial charge is 0.246 e. The number of hydrogen-bond acceptors (Lipinski definition) is 5. The highest BCUT2D eigenvalue weighted by Crippen LogP contribution is 2.23. The number of aromatic nitrogens is 4. The van der Waals surface area contributed by atoms with Crippen molar-refractivity contribution < 1.29 is 9.32 Å². The molecule has 3 rings (SSSR count). The van der Waals surface area contributed by atoms with Crippen LogP contribution in [0.4, 0.5) is 0 Å². The predicted molar refractivity (Wildman–Crippen MR) is 69.7 cm³/mol. The molecule has 7 nitrogen and oxygen atoms in total. The number of amides is 1. The van der Waals surface area contributed by atoms with E-state index in [-0.39, 0.29) is 18.4 Å². The van der Waals surface area contributed by atoms with Crippen LogP contribution in [-0.4, -0.2) is 26.0 Å². The van der Waals surface area contributed by atoms with E-state index in [9.17, 15) is 4.79 Å². The summed E-state index contributed by atoms with van der Waals surface area (Å²) in [5.74, 6) is 1.93. The molecule has 2 heterocycles. The minimum absolute atomic E-state index is 0.0219. The van der Waals surface area contributed by atoms with Crippen LogP contribution in [0.3, 0.4) is 0 Å². The second-order valence-electron chi connectivity index (χ2n) is 5.14. The molecule has 7 heteroatoms. The molecule has 2 aromatic heterocycles. The Labute approximate surface area is 116 Å². The van der Waals surface area contributed by atoms with Gasteiger partial charge in [0.05, 0.1) is 12.2 Å². The van der Waals surface area contributed by atoms with E-state index in [1.54, 1.807) is 6.92 Å². The standard InChI is InChI=1S/C13H17N5O2/c1-7-15-10-4-3-9(5-11(10)16-7)13(19)14-6-12-17-8(2)18-20-12/h9H,3-6H2,1-2H3,(H,14,19)(H,15,16). The third-order valence-electron chi connectivity index (χ3n) is 3.52. The maximum absolute atomic E-state index is 12.2. The fraction of sp³-hybridized carbons (Fsp3) is 0.538. The Hall–Kier alpha value is -2.18. The van der Waals surface area contributed by atoms with E-state index in [0.29, 0.717) is 18.1 Å². The first-order valence-electron chi connectivity index (χ1n) is 6.73. The monoisotopic (exact) mass is 275 g/mol. The summed E-state index contributed by atoms with van der Waals surface area (Å²) in [5.41, 5.74) is 2.18. The summed E-state index contributed by atoms with van der Waals surface area (Å²) in [6, 6.07) is 0. The number of carbonyl (C=O) groups is 1. The first kappa shape index (κ1) is 12.8. The van der Waals surface area contributed by atoms with Crippen LogP contribution in [0.2, 0.25) is 0 Å². The summed E-state index contributed by atoms with van der Waals surface area (Å²) in [6.07, 6.45) is 2.38. The number of nitrogens with zero attached hydrogens (tertiary/aromatic N) is 3. The van der Waals surface area contributed by atoms with Crippen LogP contribution in [0.1, 0.15) is 35.3 Å². The Morgan fingerprint density at radius 1 is 1.45 bits per heavy atom. The van der Waals surface area contributed by atoms with Gasteiger partial charge in [0.2, 0.25) is 11.8 Å². The van der Waals surface area contributed by atoms with E-state index in [1.807, 2.05) is 6.92 Å². The van der Waals surface area contributed by atoms with E-state index in [0.717, 1.165) is 30.1 Å². The summed E-state index contributed by atoms with van der Waals surface area (Å²) in [7, 11) is 0. The van der Waals surface area contributed by atoms with Crippen molar-refractivity contribution in [3.05, 3.63) is 28.9 Å². The first-order chi connectivity index (χ1) is 9.61. The van der Waals surface area contributed by atoms with Crippen molar-refractivity contribution in [2.75, 3.05) is 0 Å². The maximum atomic E-state index is 12.2. The van der Waals surface area contributed by atoms with E-state index in [4.69, 9.17) is 4.52 Å². The van der Waals surface area contributed by atoms with Gasteiger partial charge in [0.15, 0.2) is 5.82 Å². The molecule has 1 aliphatic carbocycles. The van der Waals surface area contributed by atoms with Gasteiger partial charge in [-0.15, -0.1) is 0 Å². The van der Waals surface area contributed by atoms with Gasteiger partial charge < -0.3 is 14.8 Å². The average molecular weight is 275 g/mol. The molecule has 2 aromatic rings. The van der Waals surface area contributed by atoms with Gasteiger partial charge >= 0.3 is 0 Å². The van der Waals surface area contributed by atoms with Gasteiger partial charge in [-0.25, -0.2) is 4.98 Å². The zero-order valence-electron chi connectivity index (χ0n) is 11.6. The van der Waals surface area contributed by atoms with E-state index < -0.39 is 0 Å². The lowest BCUT2D eigenvalue weighted by Gasteiger charge is -2.20. The van der Waals surface area contributed by atoms with Gasteiger partial charge in [0.25, 0.3) is 0 Å². The minimum atomic E-state index is -0.0219. The Kier molecular flexibility index (Phi) is 3.25. The molecule has 0 radical (unpaired) electrons. The number of rotatable bonds is 3. The molecule has 1 unspecified atom stereocenters. The number of carbonyl (C=O) groups excluding carboxylic acids is 1. The Bertz CT molecular complexity index is 630. The third-order valence-corrected chi connectivity index (χ3v) is 3.52. The van der Waals surface area contributed by atoms with Crippen LogP contribution in [-0.2, 0) is 24.2 Å². The van der Waals surface area contributed by atoms with Gasteiger partial charge in [0.1, 0.15) is 5.82 Å². The third kappa shape index (κ3) is 2.56. The number of imidazole rings is 1. The molecule has 20 heavy (non-hydrogen) atoms. The zero-order valence-corrected chi connectivity index (χ0v) is 11.6. The summed E-state index contributed by atoms with van der Waals surface area (Å²) in [6.45, 7) is 3.97. The zero-order chi connectivity index (χ0) is 14.1. The van der Waals surface area contributed by atoms with Gasteiger partial charge in [-0.1, -0.05) is 5.16 Å². The Morgan fingerprint density at radius 3 is 3.05 bits per heavy atom. The molecule has 0 aromatic carbocycles. The Morgan fingerprint density at radius 2 is 2.30 bits per heavy atom. The maximum Gasteiger partial charge on any atom is 0.246 e. The van der Waals surface area contributed by atoms with Crippen LogP contribution in [0.5, 0.6) is 0 Å². The number of H-pyrrole nitrogens is 1. The highest BCUT2D eigenvalue weighted by molar-refractivity contribution is 5.79. The predicted octanol–water partition coefficient (Wildman–Crippen LogP) is 0.831. The lowest BCUT2D eigenvalue weighted by Crippen LogP contribution is -2.33. The summed E-state index contributed by atoms with van der Waals surface area (Å²) < 4.78 is 4.97. The number of aryl methyl sites for hydroxylation is 3. The van der Waals surface area contributed by atoms with Crippen molar-refractivity contribution in [3.63, 3.8) is 0 Å². The average Bonchev–Trinajstić information content (AvgIpc) is 2.99.